The van der Waals surface area contributed by atoms with Gasteiger partial charge in [0.25, 0.3) is 0 Å². The molecule has 0 saturated carbocycles. The first-order valence-electron chi connectivity index (χ1n) is 8.78. The average molecular weight is 399 g/mol. The lowest BCUT2D eigenvalue weighted by molar-refractivity contribution is -0.126. The molecule has 2 fully saturated rings. The number of hydrogen-bond acceptors (Lipinski definition) is 5. The summed E-state index contributed by atoms with van der Waals surface area (Å²) in [6.07, 6.45) is 3.74. The van der Waals surface area contributed by atoms with Gasteiger partial charge < -0.3 is 20.7 Å². The normalized spacial score (nSPS) is 18.6. The van der Waals surface area contributed by atoms with Crippen molar-refractivity contribution in [1.29, 1.82) is 0 Å². The highest BCUT2D eigenvalue weighted by molar-refractivity contribution is 5.85. The van der Waals surface area contributed by atoms with Gasteiger partial charge in [-0.3, -0.25) is 14.5 Å². The van der Waals surface area contributed by atoms with Gasteiger partial charge in [0.2, 0.25) is 11.8 Å². The van der Waals surface area contributed by atoms with Crippen LogP contribution >= 0.6 is 24.8 Å². The number of nitrogens with zero attached hydrogens (tertiary/aromatic N) is 1. The standard InChI is InChI=1S/C16H30N4O3.2ClH/c21-15(2-1-14-3-5-17-6-4-14)19-13-16(22)18-7-8-20-9-11-23-12-10-20;;/h14,17H,1-13H2,(H,18,22)(H,19,21);2*1H. The minimum Gasteiger partial charge on any atom is -0.379 e. The van der Waals surface area contributed by atoms with Crippen LogP contribution in [-0.2, 0) is 14.3 Å². The van der Waals surface area contributed by atoms with Crippen molar-refractivity contribution in [2.24, 2.45) is 5.92 Å². The molecule has 25 heavy (non-hydrogen) atoms. The molecule has 2 aliphatic rings. The van der Waals surface area contributed by atoms with Crippen molar-refractivity contribution < 1.29 is 14.3 Å². The Labute approximate surface area is 162 Å². The van der Waals surface area contributed by atoms with Gasteiger partial charge in [-0.1, -0.05) is 0 Å². The number of piperidine rings is 1. The molecule has 0 spiro atoms. The van der Waals surface area contributed by atoms with Crippen LogP contribution in [0.3, 0.4) is 0 Å². The summed E-state index contributed by atoms with van der Waals surface area (Å²) in [6, 6.07) is 0. The van der Waals surface area contributed by atoms with Gasteiger partial charge in [0.1, 0.15) is 0 Å². The molecule has 3 N–H and O–H groups in total. The Morgan fingerprint density at radius 3 is 2.40 bits per heavy atom. The first-order chi connectivity index (χ1) is 11.2. The van der Waals surface area contributed by atoms with E-state index >= 15 is 0 Å². The van der Waals surface area contributed by atoms with Gasteiger partial charge in [0, 0.05) is 32.6 Å². The fraction of sp³-hybridized carbons (Fsp3) is 0.875. The summed E-state index contributed by atoms with van der Waals surface area (Å²) in [5.74, 6) is 0.504. The van der Waals surface area contributed by atoms with Gasteiger partial charge in [-0.05, 0) is 38.3 Å². The van der Waals surface area contributed by atoms with Crippen LogP contribution in [0.2, 0.25) is 0 Å². The third kappa shape index (κ3) is 10.9. The fourth-order valence-electron chi connectivity index (χ4n) is 3.01. The highest BCUT2D eigenvalue weighted by Gasteiger charge is 2.15. The molecule has 2 aliphatic heterocycles. The summed E-state index contributed by atoms with van der Waals surface area (Å²) in [6.45, 7) is 7.00. The number of carbonyl (C=O) groups excluding carboxylic acids is 2. The molecule has 0 bridgehead atoms. The van der Waals surface area contributed by atoms with E-state index in [0.717, 1.165) is 65.2 Å². The molecule has 0 aromatic rings. The Kier molecular flexibility index (Phi) is 14.2. The van der Waals surface area contributed by atoms with Crippen molar-refractivity contribution in [2.75, 3.05) is 59.0 Å². The predicted molar refractivity (Wildman–Crippen MR) is 103 cm³/mol. The smallest absolute Gasteiger partial charge is 0.239 e. The maximum absolute atomic E-state index is 11.8. The Hall–Kier alpha value is -0.600. The van der Waals surface area contributed by atoms with E-state index in [1.54, 1.807) is 0 Å². The highest BCUT2D eigenvalue weighted by Crippen LogP contribution is 2.17. The highest BCUT2D eigenvalue weighted by atomic mass is 35.5. The van der Waals surface area contributed by atoms with E-state index in [2.05, 4.69) is 20.9 Å². The van der Waals surface area contributed by atoms with Crippen LogP contribution in [0.15, 0.2) is 0 Å². The molecule has 0 aromatic carbocycles. The minimum atomic E-state index is -0.117. The largest absolute Gasteiger partial charge is 0.379 e. The van der Waals surface area contributed by atoms with Crippen LogP contribution in [0.25, 0.3) is 0 Å². The molecular formula is C16H32Cl2N4O3. The van der Waals surface area contributed by atoms with Gasteiger partial charge in [-0.25, -0.2) is 0 Å². The lowest BCUT2D eigenvalue weighted by atomic mass is 9.93. The number of morpholine rings is 1. The molecule has 7 nitrogen and oxygen atoms in total. The van der Waals surface area contributed by atoms with Crippen LogP contribution in [0.4, 0.5) is 0 Å². The molecule has 0 aliphatic carbocycles. The Balaban J connectivity index is 0.00000288. The molecule has 0 radical (unpaired) electrons. The van der Waals surface area contributed by atoms with E-state index in [1.807, 2.05) is 0 Å². The molecule has 2 amide bonds. The zero-order chi connectivity index (χ0) is 16.3. The number of nitrogens with one attached hydrogen (secondary N) is 3. The molecule has 0 aromatic heterocycles. The molecule has 0 atom stereocenters. The lowest BCUT2D eigenvalue weighted by Crippen LogP contribution is -2.43. The monoisotopic (exact) mass is 398 g/mol. The van der Waals surface area contributed by atoms with Gasteiger partial charge >= 0.3 is 0 Å². The summed E-state index contributed by atoms with van der Waals surface area (Å²) in [4.78, 5) is 25.8. The van der Waals surface area contributed by atoms with E-state index in [0.29, 0.717) is 18.9 Å². The zero-order valence-electron chi connectivity index (χ0n) is 14.8. The quantitative estimate of drug-likeness (QED) is 0.542. The third-order valence-electron chi connectivity index (χ3n) is 4.54. The molecule has 2 saturated heterocycles. The van der Waals surface area contributed by atoms with E-state index in [9.17, 15) is 9.59 Å². The summed E-state index contributed by atoms with van der Waals surface area (Å²) in [5, 5.41) is 8.88. The Morgan fingerprint density at radius 1 is 1.04 bits per heavy atom. The molecule has 148 valence electrons. The number of rotatable bonds is 8. The third-order valence-corrected chi connectivity index (χ3v) is 4.54. The summed E-state index contributed by atoms with van der Waals surface area (Å²) < 4.78 is 5.28. The lowest BCUT2D eigenvalue weighted by Gasteiger charge is -2.26. The van der Waals surface area contributed by atoms with Crippen molar-refractivity contribution in [1.82, 2.24) is 20.9 Å². The molecular weight excluding hydrogens is 367 g/mol. The number of ether oxygens (including phenoxy) is 1. The second-order valence-corrected chi connectivity index (χ2v) is 6.31. The zero-order valence-corrected chi connectivity index (χ0v) is 16.4. The maximum Gasteiger partial charge on any atom is 0.239 e. The number of carbonyl (C=O) groups is 2. The first-order valence-corrected chi connectivity index (χ1v) is 8.78. The van der Waals surface area contributed by atoms with Gasteiger partial charge in [0.05, 0.1) is 19.8 Å². The topological polar surface area (TPSA) is 82.7 Å². The van der Waals surface area contributed by atoms with Gasteiger partial charge in [-0.2, -0.15) is 0 Å². The van der Waals surface area contributed by atoms with Crippen LogP contribution in [0.5, 0.6) is 0 Å². The van der Waals surface area contributed by atoms with E-state index in [4.69, 9.17) is 4.74 Å². The van der Waals surface area contributed by atoms with Crippen LogP contribution in [-0.4, -0.2) is 75.7 Å². The summed E-state index contributed by atoms with van der Waals surface area (Å²) in [7, 11) is 0. The predicted octanol–water partition coefficient (Wildman–Crippen LogP) is 0.174. The number of halogens is 2. The number of amides is 2. The minimum absolute atomic E-state index is 0. The maximum atomic E-state index is 11.8. The average Bonchev–Trinajstić information content (AvgIpc) is 2.60. The molecule has 0 unspecified atom stereocenters. The molecule has 2 heterocycles. The fourth-order valence-corrected chi connectivity index (χ4v) is 3.01. The van der Waals surface area contributed by atoms with Gasteiger partial charge in [0.15, 0.2) is 0 Å². The first kappa shape index (κ1) is 24.4. The van der Waals surface area contributed by atoms with Crippen LogP contribution in [0.1, 0.15) is 25.7 Å². The van der Waals surface area contributed by atoms with Crippen molar-refractivity contribution >= 4 is 36.6 Å². The van der Waals surface area contributed by atoms with Crippen LogP contribution in [0, 0.1) is 5.92 Å². The second kappa shape index (κ2) is 14.6. The van der Waals surface area contributed by atoms with Gasteiger partial charge in [-0.15, -0.1) is 24.8 Å². The van der Waals surface area contributed by atoms with Crippen molar-refractivity contribution in [3.8, 4) is 0 Å². The Bertz CT molecular complexity index is 376. The van der Waals surface area contributed by atoms with E-state index in [1.165, 1.54) is 0 Å². The van der Waals surface area contributed by atoms with E-state index < -0.39 is 0 Å². The summed E-state index contributed by atoms with van der Waals surface area (Å²) >= 11 is 0. The summed E-state index contributed by atoms with van der Waals surface area (Å²) in [5.41, 5.74) is 0. The second-order valence-electron chi connectivity index (χ2n) is 6.31. The molecule has 9 heteroatoms. The SMILES string of the molecule is Cl.Cl.O=C(CCC1CCNCC1)NCC(=O)NCCN1CCOCC1. The van der Waals surface area contributed by atoms with Crippen molar-refractivity contribution in [3.05, 3.63) is 0 Å². The van der Waals surface area contributed by atoms with Crippen molar-refractivity contribution in [3.63, 3.8) is 0 Å². The van der Waals surface area contributed by atoms with E-state index in [-0.39, 0.29) is 43.2 Å². The van der Waals surface area contributed by atoms with Crippen molar-refractivity contribution in [2.45, 2.75) is 25.7 Å². The molecule has 2 rings (SSSR count). The number of hydrogen-bond donors (Lipinski definition) is 3. The Morgan fingerprint density at radius 2 is 1.72 bits per heavy atom. The van der Waals surface area contributed by atoms with Crippen LogP contribution < -0.4 is 16.0 Å².